The molecule has 1 rings (SSSR count). The van der Waals surface area contributed by atoms with Crippen molar-refractivity contribution in [3.63, 3.8) is 0 Å². The fourth-order valence-corrected chi connectivity index (χ4v) is 2.39. The van der Waals surface area contributed by atoms with E-state index in [1.165, 1.54) is 4.90 Å². The molecule has 0 saturated heterocycles. The number of anilines is 1. The summed E-state index contributed by atoms with van der Waals surface area (Å²) < 4.78 is 37.8. The molecule has 1 aromatic rings. The molecule has 8 nitrogen and oxygen atoms in total. The van der Waals surface area contributed by atoms with Crippen molar-refractivity contribution in [3.8, 4) is 0 Å². The zero-order valence-corrected chi connectivity index (χ0v) is 14.1. The Bertz CT molecular complexity index is 641. The van der Waals surface area contributed by atoms with Gasteiger partial charge in [-0.05, 0) is 12.1 Å². The second-order valence-electron chi connectivity index (χ2n) is 5.36. The third kappa shape index (κ3) is 4.61. The molecule has 0 aliphatic rings. The Morgan fingerprint density at radius 1 is 1.16 bits per heavy atom. The quantitative estimate of drug-likeness (QED) is 0.313. The van der Waals surface area contributed by atoms with Gasteiger partial charge in [-0.15, -0.1) is 0 Å². The Balaban J connectivity index is 3.56. The SMILES string of the molecule is COC(=O)C(C(=O)OC)C(C[N+](=O)[O-])c1c(F)cc(N(C)C)cc1F. The first-order valence-electron chi connectivity index (χ1n) is 7.07. The van der Waals surface area contributed by atoms with Crippen LogP contribution in [0.5, 0.6) is 0 Å². The van der Waals surface area contributed by atoms with E-state index in [1.54, 1.807) is 14.1 Å². The molecule has 0 radical (unpaired) electrons. The number of halogens is 2. The summed E-state index contributed by atoms with van der Waals surface area (Å²) in [7, 11) is 4.99. The summed E-state index contributed by atoms with van der Waals surface area (Å²) in [5.74, 6) is -8.22. The molecule has 1 atom stereocenters. The third-order valence-corrected chi connectivity index (χ3v) is 3.61. The molecule has 0 saturated carbocycles. The van der Waals surface area contributed by atoms with Crippen LogP contribution in [0.25, 0.3) is 0 Å². The molecule has 0 aliphatic carbocycles. The summed E-state index contributed by atoms with van der Waals surface area (Å²) in [6, 6.07) is 1.91. The van der Waals surface area contributed by atoms with Crippen LogP contribution in [-0.2, 0) is 19.1 Å². The summed E-state index contributed by atoms with van der Waals surface area (Å²) in [5.41, 5.74) is -0.575. The predicted octanol–water partition coefficient (Wildman–Crippen LogP) is 1.35. The van der Waals surface area contributed by atoms with Gasteiger partial charge in [0.05, 0.1) is 20.1 Å². The normalized spacial score (nSPS) is 11.8. The zero-order chi connectivity index (χ0) is 19.3. The number of hydrogen-bond donors (Lipinski definition) is 0. The van der Waals surface area contributed by atoms with Gasteiger partial charge in [0.2, 0.25) is 6.54 Å². The minimum Gasteiger partial charge on any atom is -0.468 e. The maximum Gasteiger partial charge on any atom is 0.320 e. The number of nitro groups is 1. The molecule has 1 aromatic carbocycles. The fraction of sp³-hybridized carbons (Fsp3) is 0.467. The van der Waals surface area contributed by atoms with Gasteiger partial charge in [0.15, 0.2) is 5.92 Å². The number of nitrogens with zero attached hydrogens (tertiary/aromatic N) is 2. The van der Waals surface area contributed by atoms with Gasteiger partial charge in [0, 0.05) is 30.3 Å². The van der Waals surface area contributed by atoms with Gasteiger partial charge < -0.3 is 14.4 Å². The van der Waals surface area contributed by atoms with E-state index >= 15 is 0 Å². The topological polar surface area (TPSA) is 99.0 Å². The van der Waals surface area contributed by atoms with Crippen molar-refractivity contribution in [2.75, 3.05) is 39.8 Å². The van der Waals surface area contributed by atoms with Gasteiger partial charge in [-0.25, -0.2) is 8.78 Å². The Morgan fingerprint density at radius 2 is 1.60 bits per heavy atom. The second kappa shape index (κ2) is 8.36. The molecule has 25 heavy (non-hydrogen) atoms. The van der Waals surface area contributed by atoms with E-state index in [2.05, 4.69) is 9.47 Å². The maximum absolute atomic E-state index is 14.5. The van der Waals surface area contributed by atoms with Crippen molar-refractivity contribution < 1.29 is 32.8 Å². The average Bonchev–Trinajstić information content (AvgIpc) is 2.52. The minimum atomic E-state index is -1.88. The predicted molar refractivity (Wildman–Crippen MR) is 82.8 cm³/mol. The van der Waals surface area contributed by atoms with Crippen molar-refractivity contribution in [1.82, 2.24) is 0 Å². The summed E-state index contributed by atoms with van der Waals surface area (Å²) in [4.78, 5) is 35.3. The summed E-state index contributed by atoms with van der Waals surface area (Å²) >= 11 is 0. The van der Waals surface area contributed by atoms with E-state index in [1.807, 2.05) is 0 Å². The van der Waals surface area contributed by atoms with Crippen molar-refractivity contribution >= 4 is 17.6 Å². The number of benzene rings is 1. The van der Waals surface area contributed by atoms with Gasteiger partial charge in [0.1, 0.15) is 11.6 Å². The molecule has 0 aliphatic heterocycles. The van der Waals surface area contributed by atoms with E-state index in [4.69, 9.17) is 0 Å². The van der Waals surface area contributed by atoms with Crippen LogP contribution in [0.1, 0.15) is 11.5 Å². The number of carbonyl (C=O) groups excluding carboxylic acids is 2. The molecule has 0 heterocycles. The largest absolute Gasteiger partial charge is 0.468 e. The lowest BCUT2D eigenvalue weighted by atomic mass is 9.85. The Hall–Kier alpha value is -2.78. The van der Waals surface area contributed by atoms with E-state index in [0.29, 0.717) is 0 Å². The van der Waals surface area contributed by atoms with Crippen LogP contribution in [0.2, 0.25) is 0 Å². The Labute approximate surface area is 142 Å². The number of ether oxygens (including phenoxy) is 2. The molecule has 0 spiro atoms. The highest BCUT2D eigenvalue weighted by atomic mass is 19.1. The monoisotopic (exact) mass is 360 g/mol. The fourth-order valence-electron chi connectivity index (χ4n) is 2.39. The van der Waals surface area contributed by atoms with Crippen molar-refractivity contribution in [3.05, 3.63) is 39.4 Å². The smallest absolute Gasteiger partial charge is 0.320 e. The highest BCUT2D eigenvalue weighted by Gasteiger charge is 2.43. The highest BCUT2D eigenvalue weighted by Crippen LogP contribution is 2.33. The molecular weight excluding hydrogens is 342 g/mol. The lowest BCUT2D eigenvalue weighted by molar-refractivity contribution is -0.484. The summed E-state index contributed by atoms with van der Waals surface area (Å²) in [5, 5.41) is 11.0. The summed E-state index contributed by atoms with van der Waals surface area (Å²) in [6.07, 6.45) is 0. The zero-order valence-electron chi connectivity index (χ0n) is 14.1. The van der Waals surface area contributed by atoms with Crippen LogP contribution >= 0.6 is 0 Å². The van der Waals surface area contributed by atoms with Crippen LogP contribution in [0.4, 0.5) is 14.5 Å². The van der Waals surface area contributed by atoms with Crippen LogP contribution in [0, 0.1) is 27.7 Å². The number of rotatable bonds is 7. The Morgan fingerprint density at radius 3 is 1.92 bits per heavy atom. The number of hydrogen-bond acceptors (Lipinski definition) is 7. The van der Waals surface area contributed by atoms with E-state index in [-0.39, 0.29) is 5.69 Å². The first kappa shape index (κ1) is 20.3. The van der Waals surface area contributed by atoms with Crippen molar-refractivity contribution in [2.45, 2.75) is 5.92 Å². The van der Waals surface area contributed by atoms with Crippen LogP contribution in [-0.4, -0.2) is 51.7 Å². The molecule has 0 N–H and O–H groups in total. The molecule has 0 aromatic heterocycles. The number of carbonyl (C=O) groups is 2. The number of methoxy groups -OCH3 is 2. The van der Waals surface area contributed by atoms with E-state index < -0.39 is 52.4 Å². The van der Waals surface area contributed by atoms with Gasteiger partial charge in [-0.1, -0.05) is 0 Å². The highest BCUT2D eigenvalue weighted by molar-refractivity contribution is 5.96. The molecule has 1 unspecified atom stereocenters. The van der Waals surface area contributed by atoms with Gasteiger partial charge in [0.25, 0.3) is 0 Å². The van der Waals surface area contributed by atoms with Crippen molar-refractivity contribution in [1.29, 1.82) is 0 Å². The lowest BCUT2D eigenvalue weighted by Gasteiger charge is -2.22. The first-order valence-corrected chi connectivity index (χ1v) is 7.07. The third-order valence-electron chi connectivity index (χ3n) is 3.61. The van der Waals surface area contributed by atoms with Gasteiger partial charge >= 0.3 is 11.9 Å². The molecule has 0 bridgehead atoms. The van der Waals surface area contributed by atoms with Crippen molar-refractivity contribution in [2.24, 2.45) is 5.92 Å². The second-order valence-corrected chi connectivity index (χ2v) is 5.36. The molecular formula is C15H18F2N2O6. The van der Waals surface area contributed by atoms with Gasteiger partial charge in [-0.3, -0.25) is 19.7 Å². The van der Waals surface area contributed by atoms with Crippen LogP contribution in [0.15, 0.2) is 12.1 Å². The van der Waals surface area contributed by atoms with E-state index in [9.17, 15) is 28.5 Å². The van der Waals surface area contributed by atoms with E-state index in [0.717, 1.165) is 26.4 Å². The van der Waals surface area contributed by atoms with Gasteiger partial charge in [-0.2, -0.15) is 0 Å². The average molecular weight is 360 g/mol. The molecule has 138 valence electrons. The standard InChI is InChI=1S/C15H18F2N2O6/c1-18(2)8-5-10(16)12(11(17)6-8)9(7-19(22)23)13(14(20)24-3)15(21)25-4/h5-6,9,13H,7H2,1-4H3. The Kier molecular flexibility index (Phi) is 6.77. The molecule has 0 fully saturated rings. The first-order chi connectivity index (χ1) is 11.6. The minimum absolute atomic E-state index is 0.172. The summed E-state index contributed by atoms with van der Waals surface area (Å²) in [6.45, 7) is -1.07. The molecule has 0 amide bonds. The number of esters is 2. The van der Waals surface area contributed by atoms with Crippen LogP contribution < -0.4 is 4.90 Å². The molecule has 10 heteroatoms. The maximum atomic E-state index is 14.5. The van der Waals surface area contributed by atoms with Crippen LogP contribution in [0.3, 0.4) is 0 Å². The lowest BCUT2D eigenvalue weighted by Crippen LogP contribution is -2.36.